The van der Waals surface area contributed by atoms with E-state index >= 15 is 0 Å². The first-order chi connectivity index (χ1) is 13.0. The van der Waals surface area contributed by atoms with E-state index in [1.54, 1.807) is 7.11 Å². The Morgan fingerprint density at radius 3 is 2.74 bits per heavy atom. The maximum Gasteiger partial charge on any atom is 0.234 e. The number of furan rings is 1. The van der Waals surface area contributed by atoms with Crippen molar-refractivity contribution in [2.75, 3.05) is 20.7 Å². The molecule has 5 heteroatoms. The molecule has 1 heterocycles. The van der Waals surface area contributed by atoms with Crippen molar-refractivity contribution in [2.45, 2.75) is 26.4 Å². The summed E-state index contributed by atoms with van der Waals surface area (Å²) in [4.78, 5) is 14.4. The van der Waals surface area contributed by atoms with Gasteiger partial charge < -0.3 is 14.5 Å². The first kappa shape index (κ1) is 19.0. The van der Waals surface area contributed by atoms with E-state index in [0.717, 1.165) is 28.0 Å². The largest absolute Gasteiger partial charge is 0.496 e. The number of nitrogens with one attached hydrogen (secondary N) is 1. The highest BCUT2D eigenvalue weighted by molar-refractivity contribution is 5.80. The number of para-hydroxylation sites is 1. The van der Waals surface area contributed by atoms with Crippen molar-refractivity contribution in [2.24, 2.45) is 0 Å². The van der Waals surface area contributed by atoms with Gasteiger partial charge >= 0.3 is 0 Å². The summed E-state index contributed by atoms with van der Waals surface area (Å²) >= 11 is 0. The molecule has 0 spiro atoms. The van der Waals surface area contributed by atoms with Crippen LogP contribution in [0.5, 0.6) is 5.75 Å². The molecule has 3 aromatic rings. The summed E-state index contributed by atoms with van der Waals surface area (Å²) in [5, 5.41) is 4.05. The van der Waals surface area contributed by atoms with Crippen LogP contribution in [0.15, 0.2) is 52.9 Å². The number of methoxy groups -OCH3 is 1. The Bertz CT molecular complexity index is 899. The Kier molecular flexibility index (Phi) is 5.81. The lowest BCUT2D eigenvalue weighted by molar-refractivity contribution is -0.122. The van der Waals surface area contributed by atoms with Crippen molar-refractivity contribution in [3.05, 3.63) is 65.4 Å². The molecule has 0 bridgehead atoms. The van der Waals surface area contributed by atoms with Crippen molar-refractivity contribution in [3.63, 3.8) is 0 Å². The average molecular weight is 366 g/mol. The van der Waals surface area contributed by atoms with Crippen LogP contribution in [0.2, 0.25) is 0 Å². The van der Waals surface area contributed by atoms with Crippen LogP contribution in [-0.2, 0) is 11.3 Å². The molecular weight excluding hydrogens is 340 g/mol. The van der Waals surface area contributed by atoms with Crippen molar-refractivity contribution >= 4 is 16.9 Å². The number of carbonyl (C=O) groups is 1. The normalized spacial score (nSPS) is 12.3. The van der Waals surface area contributed by atoms with Crippen LogP contribution in [0, 0.1) is 6.92 Å². The Hall–Kier alpha value is -2.79. The number of carbonyl (C=O) groups excluding carboxylic acids is 1. The summed E-state index contributed by atoms with van der Waals surface area (Å²) in [6.45, 7) is 4.91. The molecule has 2 aromatic carbocycles. The fourth-order valence-electron chi connectivity index (χ4n) is 3.20. The van der Waals surface area contributed by atoms with E-state index in [9.17, 15) is 4.79 Å². The van der Waals surface area contributed by atoms with Crippen molar-refractivity contribution in [3.8, 4) is 5.75 Å². The third-order valence-electron chi connectivity index (χ3n) is 4.54. The molecule has 1 aromatic heterocycles. The molecule has 0 radical (unpaired) electrons. The number of benzene rings is 2. The third kappa shape index (κ3) is 4.68. The average Bonchev–Trinajstić information content (AvgIpc) is 3.06. The number of nitrogens with zero attached hydrogens (tertiary/aromatic N) is 1. The summed E-state index contributed by atoms with van der Waals surface area (Å²) in [6.07, 6.45) is 0. The van der Waals surface area contributed by atoms with Crippen molar-refractivity contribution in [1.82, 2.24) is 10.2 Å². The Balaban J connectivity index is 1.59. The molecular formula is C22H26N2O3. The van der Waals surface area contributed by atoms with Gasteiger partial charge in [-0.2, -0.15) is 0 Å². The van der Waals surface area contributed by atoms with E-state index in [1.807, 2.05) is 68.3 Å². The Morgan fingerprint density at radius 2 is 2.00 bits per heavy atom. The van der Waals surface area contributed by atoms with Gasteiger partial charge in [-0.3, -0.25) is 9.69 Å². The van der Waals surface area contributed by atoms with Gasteiger partial charge in [0.15, 0.2) is 0 Å². The van der Waals surface area contributed by atoms with Gasteiger partial charge in [0, 0.05) is 17.5 Å². The van der Waals surface area contributed by atoms with Crippen LogP contribution in [0.3, 0.4) is 0 Å². The number of amides is 1. The number of aryl methyl sites for hydroxylation is 1. The van der Waals surface area contributed by atoms with Gasteiger partial charge in [0.05, 0.1) is 19.7 Å². The van der Waals surface area contributed by atoms with Crippen LogP contribution >= 0.6 is 0 Å². The van der Waals surface area contributed by atoms with Crippen molar-refractivity contribution < 1.29 is 13.9 Å². The summed E-state index contributed by atoms with van der Waals surface area (Å²) in [6, 6.07) is 15.7. The number of likely N-dealkylation sites (N-methyl/N-ethyl adjacent to an activating group) is 1. The molecule has 0 aliphatic rings. The van der Waals surface area contributed by atoms with Crippen LogP contribution in [0.25, 0.3) is 11.0 Å². The monoisotopic (exact) mass is 366 g/mol. The van der Waals surface area contributed by atoms with Gasteiger partial charge in [-0.15, -0.1) is 0 Å². The van der Waals surface area contributed by atoms with E-state index in [2.05, 4.69) is 11.4 Å². The third-order valence-corrected chi connectivity index (χ3v) is 4.54. The van der Waals surface area contributed by atoms with E-state index in [-0.39, 0.29) is 11.9 Å². The zero-order valence-electron chi connectivity index (χ0n) is 16.3. The molecule has 1 N–H and O–H groups in total. The van der Waals surface area contributed by atoms with Gasteiger partial charge in [-0.25, -0.2) is 0 Å². The van der Waals surface area contributed by atoms with Gasteiger partial charge in [-0.05, 0) is 39.1 Å². The predicted octanol–water partition coefficient (Wildman–Crippen LogP) is 4.06. The predicted molar refractivity (Wildman–Crippen MR) is 107 cm³/mol. The second-order valence-electron chi connectivity index (χ2n) is 6.96. The minimum Gasteiger partial charge on any atom is -0.496 e. The second kappa shape index (κ2) is 8.27. The van der Waals surface area contributed by atoms with E-state index in [1.165, 1.54) is 5.56 Å². The molecule has 3 rings (SSSR count). The zero-order chi connectivity index (χ0) is 19.4. The van der Waals surface area contributed by atoms with Crippen LogP contribution in [-0.4, -0.2) is 31.5 Å². The van der Waals surface area contributed by atoms with Crippen molar-refractivity contribution in [1.29, 1.82) is 0 Å². The highest BCUT2D eigenvalue weighted by Gasteiger charge is 2.16. The molecule has 0 saturated carbocycles. The number of hydrogen-bond acceptors (Lipinski definition) is 4. The summed E-state index contributed by atoms with van der Waals surface area (Å²) in [5.41, 5.74) is 3.07. The summed E-state index contributed by atoms with van der Waals surface area (Å²) in [7, 11) is 3.59. The Morgan fingerprint density at radius 1 is 1.22 bits per heavy atom. The molecule has 0 aliphatic carbocycles. The Labute approximate surface area is 159 Å². The van der Waals surface area contributed by atoms with E-state index in [0.29, 0.717) is 13.1 Å². The minimum atomic E-state index is -0.188. The molecule has 142 valence electrons. The molecule has 5 nitrogen and oxygen atoms in total. The lowest BCUT2D eigenvalue weighted by Gasteiger charge is -2.19. The van der Waals surface area contributed by atoms with Gasteiger partial charge in [0.2, 0.25) is 5.91 Å². The standard InChI is InChI=1S/C22H26N2O3/c1-15-9-10-19(26-4)18(11-15)13-24(3)14-22(25)23-16(2)21-12-17-7-5-6-8-20(17)27-21/h5-12,16H,13-14H2,1-4H3,(H,23,25)/t16-/m1/s1. The molecule has 0 unspecified atom stereocenters. The molecule has 0 saturated heterocycles. The molecule has 27 heavy (non-hydrogen) atoms. The first-order valence-corrected chi connectivity index (χ1v) is 9.06. The summed E-state index contributed by atoms with van der Waals surface area (Å²) < 4.78 is 11.2. The van der Waals surface area contributed by atoms with Gasteiger partial charge in [0.1, 0.15) is 17.1 Å². The molecule has 1 atom stereocenters. The zero-order valence-corrected chi connectivity index (χ0v) is 16.3. The number of fused-ring (bicyclic) bond motifs is 1. The van der Waals surface area contributed by atoms with Crippen LogP contribution in [0.4, 0.5) is 0 Å². The summed E-state index contributed by atoms with van der Waals surface area (Å²) in [5.74, 6) is 1.55. The molecule has 0 aliphatic heterocycles. The number of hydrogen-bond donors (Lipinski definition) is 1. The van der Waals surface area contributed by atoms with Crippen LogP contribution < -0.4 is 10.1 Å². The topological polar surface area (TPSA) is 54.7 Å². The fourth-order valence-corrected chi connectivity index (χ4v) is 3.20. The lowest BCUT2D eigenvalue weighted by atomic mass is 10.1. The number of rotatable bonds is 7. The van der Waals surface area contributed by atoms with Gasteiger partial charge in [0.25, 0.3) is 0 Å². The SMILES string of the molecule is COc1ccc(C)cc1CN(C)CC(=O)N[C@H](C)c1cc2ccccc2o1. The lowest BCUT2D eigenvalue weighted by Crippen LogP contribution is -2.36. The fraction of sp³-hybridized carbons (Fsp3) is 0.318. The smallest absolute Gasteiger partial charge is 0.234 e. The first-order valence-electron chi connectivity index (χ1n) is 9.06. The highest BCUT2D eigenvalue weighted by Crippen LogP contribution is 2.24. The van der Waals surface area contributed by atoms with Crippen LogP contribution in [0.1, 0.15) is 29.9 Å². The minimum absolute atomic E-state index is 0.0444. The quantitative estimate of drug-likeness (QED) is 0.685. The molecule has 0 fully saturated rings. The van der Waals surface area contributed by atoms with Gasteiger partial charge in [-0.1, -0.05) is 35.9 Å². The maximum atomic E-state index is 12.4. The van der Waals surface area contributed by atoms with E-state index in [4.69, 9.17) is 9.15 Å². The van der Waals surface area contributed by atoms with E-state index < -0.39 is 0 Å². The maximum absolute atomic E-state index is 12.4. The second-order valence-corrected chi connectivity index (χ2v) is 6.96. The number of ether oxygens (including phenoxy) is 1. The highest BCUT2D eigenvalue weighted by atomic mass is 16.5. The molecule has 1 amide bonds.